The second kappa shape index (κ2) is 9.52. The van der Waals surface area contributed by atoms with Gasteiger partial charge in [0.05, 0.1) is 31.5 Å². The van der Waals surface area contributed by atoms with Gasteiger partial charge in [-0.3, -0.25) is 9.59 Å². The summed E-state index contributed by atoms with van der Waals surface area (Å²) in [5, 5.41) is 9.29. The molecule has 8 nitrogen and oxygen atoms in total. The minimum atomic E-state index is -0.140. The smallest absolute Gasteiger partial charge is 0.309 e. The van der Waals surface area contributed by atoms with E-state index in [0.717, 1.165) is 22.6 Å². The summed E-state index contributed by atoms with van der Waals surface area (Å²) >= 11 is 2.94. The highest BCUT2D eigenvalue weighted by Crippen LogP contribution is 2.29. The van der Waals surface area contributed by atoms with Gasteiger partial charge in [0.1, 0.15) is 0 Å². The molecular formula is C16H24N4O4S2. The summed E-state index contributed by atoms with van der Waals surface area (Å²) in [6.45, 7) is 6.51. The molecule has 3 rings (SSSR count). The Kier molecular flexibility index (Phi) is 7.09. The molecule has 1 amide bonds. The number of rotatable bonds is 6. The van der Waals surface area contributed by atoms with Gasteiger partial charge < -0.3 is 19.3 Å². The molecule has 0 aliphatic carbocycles. The third-order valence-corrected chi connectivity index (χ3v) is 6.57. The highest BCUT2D eigenvalue weighted by atomic mass is 32.2. The third kappa shape index (κ3) is 5.08. The number of nitrogens with zero attached hydrogens (tertiary/aromatic N) is 4. The molecule has 0 spiro atoms. The van der Waals surface area contributed by atoms with Crippen LogP contribution in [-0.4, -0.2) is 78.7 Å². The van der Waals surface area contributed by atoms with E-state index in [2.05, 4.69) is 15.1 Å². The SMILES string of the molecule is CCOC(=O)C1CCN(C(=O)CSc2nnc(N3CCOCC3)s2)CC1. The molecule has 0 bridgehead atoms. The van der Waals surface area contributed by atoms with E-state index in [0.29, 0.717) is 51.5 Å². The molecule has 10 heteroatoms. The van der Waals surface area contributed by atoms with Crippen molar-refractivity contribution in [2.24, 2.45) is 5.92 Å². The Bertz CT molecular complexity index is 613. The van der Waals surface area contributed by atoms with E-state index in [1.54, 1.807) is 0 Å². The number of carbonyl (C=O) groups excluding carboxylic acids is 2. The molecule has 0 atom stereocenters. The average Bonchev–Trinajstić information content (AvgIpc) is 3.16. The summed E-state index contributed by atoms with van der Waals surface area (Å²) in [5.41, 5.74) is 0. The van der Waals surface area contributed by atoms with Crippen molar-refractivity contribution in [3.05, 3.63) is 0 Å². The molecule has 3 heterocycles. The minimum Gasteiger partial charge on any atom is -0.466 e. The Morgan fingerprint density at radius 2 is 1.96 bits per heavy atom. The molecule has 0 unspecified atom stereocenters. The van der Waals surface area contributed by atoms with Gasteiger partial charge >= 0.3 is 5.97 Å². The molecule has 26 heavy (non-hydrogen) atoms. The summed E-state index contributed by atoms with van der Waals surface area (Å²) in [6.07, 6.45) is 1.35. The van der Waals surface area contributed by atoms with E-state index in [1.807, 2.05) is 11.8 Å². The Morgan fingerprint density at radius 1 is 1.23 bits per heavy atom. The molecule has 2 aliphatic heterocycles. The lowest BCUT2D eigenvalue weighted by molar-refractivity contribution is -0.151. The number of hydrogen-bond donors (Lipinski definition) is 0. The van der Waals surface area contributed by atoms with Crippen molar-refractivity contribution in [2.45, 2.75) is 24.1 Å². The molecule has 0 N–H and O–H groups in total. The summed E-state index contributed by atoms with van der Waals surface area (Å²) in [6, 6.07) is 0. The van der Waals surface area contributed by atoms with Crippen LogP contribution < -0.4 is 4.90 Å². The number of hydrogen-bond acceptors (Lipinski definition) is 9. The van der Waals surface area contributed by atoms with Crippen LogP contribution in [-0.2, 0) is 19.1 Å². The molecule has 2 saturated heterocycles. The van der Waals surface area contributed by atoms with Crippen LogP contribution in [0.4, 0.5) is 5.13 Å². The van der Waals surface area contributed by atoms with Crippen LogP contribution in [0.2, 0.25) is 0 Å². The average molecular weight is 401 g/mol. The topological polar surface area (TPSA) is 84.9 Å². The first-order valence-corrected chi connectivity index (χ1v) is 10.7. The minimum absolute atomic E-state index is 0.0779. The van der Waals surface area contributed by atoms with Gasteiger partial charge in [-0.05, 0) is 19.8 Å². The highest BCUT2D eigenvalue weighted by molar-refractivity contribution is 8.01. The largest absolute Gasteiger partial charge is 0.466 e. The van der Waals surface area contributed by atoms with Crippen LogP contribution >= 0.6 is 23.1 Å². The van der Waals surface area contributed by atoms with Crippen molar-refractivity contribution in [1.29, 1.82) is 0 Å². The first kappa shape index (κ1) is 19.4. The zero-order valence-electron chi connectivity index (χ0n) is 14.9. The molecule has 2 fully saturated rings. The number of anilines is 1. The maximum absolute atomic E-state index is 12.4. The molecular weight excluding hydrogens is 376 g/mol. The van der Waals surface area contributed by atoms with Gasteiger partial charge in [0.15, 0.2) is 4.34 Å². The first-order chi connectivity index (χ1) is 12.7. The van der Waals surface area contributed by atoms with Crippen molar-refractivity contribution in [1.82, 2.24) is 15.1 Å². The number of carbonyl (C=O) groups is 2. The van der Waals surface area contributed by atoms with Gasteiger partial charge in [0.25, 0.3) is 0 Å². The molecule has 0 saturated carbocycles. The van der Waals surface area contributed by atoms with Crippen molar-refractivity contribution in [2.75, 3.05) is 56.7 Å². The number of aromatic nitrogens is 2. The van der Waals surface area contributed by atoms with Crippen LogP contribution in [0.25, 0.3) is 0 Å². The first-order valence-electron chi connectivity index (χ1n) is 8.90. The molecule has 0 aromatic carbocycles. The van der Waals surface area contributed by atoms with Crippen LogP contribution in [0.1, 0.15) is 19.8 Å². The fraction of sp³-hybridized carbons (Fsp3) is 0.750. The summed E-state index contributed by atoms with van der Waals surface area (Å²) in [7, 11) is 0. The fourth-order valence-corrected chi connectivity index (χ4v) is 4.78. The number of morpholine rings is 1. The molecule has 1 aromatic heterocycles. The van der Waals surface area contributed by atoms with E-state index >= 15 is 0 Å². The van der Waals surface area contributed by atoms with Crippen LogP contribution in [0.5, 0.6) is 0 Å². The number of likely N-dealkylation sites (tertiary alicyclic amines) is 1. The molecule has 2 aliphatic rings. The van der Waals surface area contributed by atoms with E-state index in [4.69, 9.17) is 9.47 Å². The number of esters is 1. The second-order valence-corrected chi connectivity index (χ2v) is 8.32. The van der Waals surface area contributed by atoms with E-state index in [1.165, 1.54) is 23.1 Å². The van der Waals surface area contributed by atoms with Crippen LogP contribution in [0.3, 0.4) is 0 Å². The third-order valence-electron chi connectivity index (χ3n) is 4.46. The van der Waals surface area contributed by atoms with Gasteiger partial charge in [0.2, 0.25) is 11.0 Å². The normalized spacial score (nSPS) is 18.8. The lowest BCUT2D eigenvalue weighted by Crippen LogP contribution is -2.41. The summed E-state index contributed by atoms with van der Waals surface area (Å²) in [4.78, 5) is 28.1. The molecule has 1 aromatic rings. The Balaban J connectivity index is 1.42. The highest BCUT2D eigenvalue weighted by Gasteiger charge is 2.28. The predicted octanol–water partition coefficient (Wildman–Crippen LogP) is 1.27. The number of amides is 1. The molecule has 0 radical (unpaired) electrons. The van der Waals surface area contributed by atoms with Crippen LogP contribution in [0.15, 0.2) is 4.34 Å². The van der Waals surface area contributed by atoms with Crippen LogP contribution in [0, 0.1) is 5.92 Å². The quantitative estimate of drug-likeness (QED) is 0.521. The fourth-order valence-electron chi connectivity index (χ4n) is 2.98. The van der Waals surface area contributed by atoms with Gasteiger partial charge in [-0.25, -0.2) is 0 Å². The number of piperidine rings is 1. The Hall–Kier alpha value is -1.39. The number of ether oxygens (including phenoxy) is 2. The summed E-state index contributed by atoms with van der Waals surface area (Å²) in [5.74, 6) is 0.215. The van der Waals surface area contributed by atoms with Gasteiger partial charge in [-0.15, -0.1) is 10.2 Å². The van der Waals surface area contributed by atoms with Crippen molar-refractivity contribution < 1.29 is 19.1 Å². The van der Waals surface area contributed by atoms with Gasteiger partial charge in [-0.2, -0.15) is 0 Å². The second-order valence-electron chi connectivity index (χ2n) is 6.15. The molecule has 144 valence electrons. The Labute approximate surface area is 161 Å². The predicted molar refractivity (Wildman–Crippen MR) is 99.6 cm³/mol. The van der Waals surface area contributed by atoms with E-state index < -0.39 is 0 Å². The lowest BCUT2D eigenvalue weighted by atomic mass is 9.97. The Morgan fingerprint density at radius 3 is 2.65 bits per heavy atom. The zero-order valence-corrected chi connectivity index (χ0v) is 16.5. The van der Waals surface area contributed by atoms with Crippen molar-refractivity contribution >= 4 is 40.1 Å². The number of thioether (sulfide) groups is 1. The van der Waals surface area contributed by atoms with Crippen molar-refractivity contribution in [3.8, 4) is 0 Å². The lowest BCUT2D eigenvalue weighted by Gasteiger charge is -2.30. The van der Waals surface area contributed by atoms with Crippen molar-refractivity contribution in [3.63, 3.8) is 0 Å². The van der Waals surface area contributed by atoms with E-state index in [9.17, 15) is 9.59 Å². The monoisotopic (exact) mass is 400 g/mol. The zero-order chi connectivity index (χ0) is 18.4. The van der Waals surface area contributed by atoms with E-state index in [-0.39, 0.29) is 17.8 Å². The standard InChI is InChI=1S/C16H24N4O4S2/c1-2-24-14(22)12-3-5-19(6-4-12)13(21)11-25-16-18-17-15(26-16)20-7-9-23-10-8-20/h12H,2-11H2,1H3. The van der Waals surface area contributed by atoms with Gasteiger partial charge in [0, 0.05) is 26.2 Å². The summed E-state index contributed by atoms with van der Waals surface area (Å²) < 4.78 is 11.2. The maximum Gasteiger partial charge on any atom is 0.309 e. The maximum atomic E-state index is 12.4. The van der Waals surface area contributed by atoms with Gasteiger partial charge in [-0.1, -0.05) is 23.1 Å².